The molecule has 0 aliphatic heterocycles. The first-order chi connectivity index (χ1) is 17.5. The topological polar surface area (TPSA) is 96.7 Å². The van der Waals surface area contributed by atoms with Gasteiger partial charge in [-0.05, 0) is 31.0 Å². The number of carbonyl (C=O) groups excluding carboxylic acids is 1. The zero-order valence-corrected chi connectivity index (χ0v) is 20.9. The van der Waals surface area contributed by atoms with E-state index in [1.165, 1.54) is 0 Å². The fourth-order valence-electron chi connectivity index (χ4n) is 3.79. The van der Waals surface area contributed by atoms with Crippen LogP contribution in [0.2, 0.25) is 0 Å². The number of carbonyl (C=O) groups is 1. The number of unbranched alkanes of at least 4 members (excludes halogenated alkanes) is 1. The number of fused-ring (bicyclic) bond motifs is 1. The first-order valence-corrected chi connectivity index (χ1v) is 11.6. The molecule has 0 amide bonds. The number of aryl methyl sites for hydroxylation is 1. The van der Waals surface area contributed by atoms with Crippen molar-refractivity contribution in [1.82, 2.24) is 14.5 Å². The molecule has 0 radical (unpaired) electrons. The minimum Gasteiger partial charge on any atom is -0.497 e. The van der Waals surface area contributed by atoms with Crippen LogP contribution in [0.4, 0.5) is 11.6 Å². The maximum Gasteiger partial charge on any atom is 0.208 e. The van der Waals surface area contributed by atoms with Gasteiger partial charge in [0.1, 0.15) is 28.7 Å². The standard InChI is InChI=1S/C27H30N4O5/c1-31-25-9-8-19(36-20-10-11-28-24(17-20)26(32)7-5-6-12-33-2)16-23(25)30-27(31)29-18-13-21(34-3)15-22(14-18)35-4/h8-11,13-17H,5-7,12H2,1-4H3,(H,29,30). The summed E-state index contributed by atoms with van der Waals surface area (Å²) in [6.45, 7) is 0.644. The largest absolute Gasteiger partial charge is 0.497 e. The number of ketones is 1. The van der Waals surface area contributed by atoms with Crippen LogP contribution >= 0.6 is 0 Å². The van der Waals surface area contributed by atoms with Crippen molar-refractivity contribution in [3.63, 3.8) is 0 Å². The van der Waals surface area contributed by atoms with E-state index < -0.39 is 0 Å². The molecule has 188 valence electrons. The highest BCUT2D eigenvalue weighted by Crippen LogP contribution is 2.31. The Labute approximate surface area is 210 Å². The summed E-state index contributed by atoms with van der Waals surface area (Å²) in [5.74, 6) is 3.15. The summed E-state index contributed by atoms with van der Waals surface area (Å²) in [5.41, 5.74) is 2.87. The van der Waals surface area contributed by atoms with Crippen molar-refractivity contribution in [2.45, 2.75) is 19.3 Å². The number of methoxy groups -OCH3 is 3. The van der Waals surface area contributed by atoms with Gasteiger partial charge in [-0.1, -0.05) is 0 Å². The molecule has 1 N–H and O–H groups in total. The molecule has 0 fully saturated rings. The number of nitrogens with one attached hydrogen (secondary N) is 1. The third kappa shape index (κ3) is 5.92. The zero-order valence-electron chi connectivity index (χ0n) is 20.9. The molecule has 0 atom stereocenters. The number of imidazole rings is 1. The van der Waals surface area contributed by atoms with Crippen molar-refractivity contribution in [3.8, 4) is 23.0 Å². The first kappa shape index (κ1) is 25.0. The van der Waals surface area contributed by atoms with E-state index >= 15 is 0 Å². The smallest absolute Gasteiger partial charge is 0.208 e. The van der Waals surface area contributed by atoms with Gasteiger partial charge >= 0.3 is 0 Å². The fraction of sp³-hybridized carbons (Fsp3) is 0.296. The van der Waals surface area contributed by atoms with Gasteiger partial charge in [0.05, 0.1) is 25.3 Å². The molecule has 0 spiro atoms. The average molecular weight is 491 g/mol. The number of rotatable bonds is 12. The van der Waals surface area contributed by atoms with Crippen LogP contribution in [0.1, 0.15) is 29.8 Å². The number of pyridine rings is 1. The Morgan fingerprint density at radius 3 is 2.39 bits per heavy atom. The second-order valence-electron chi connectivity index (χ2n) is 8.22. The minimum absolute atomic E-state index is 0.0124. The van der Waals surface area contributed by atoms with Crippen LogP contribution in [0.5, 0.6) is 23.0 Å². The van der Waals surface area contributed by atoms with Crippen molar-refractivity contribution in [3.05, 3.63) is 60.4 Å². The van der Waals surface area contributed by atoms with E-state index in [-0.39, 0.29) is 5.78 Å². The number of aromatic nitrogens is 3. The van der Waals surface area contributed by atoms with Crippen molar-refractivity contribution in [2.75, 3.05) is 33.3 Å². The number of ether oxygens (including phenoxy) is 4. The predicted octanol–water partition coefficient (Wildman–Crippen LogP) is 5.52. The van der Waals surface area contributed by atoms with Crippen molar-refractivity contribution >= 4 is 28.5 Å². The Morgan fingerprint density at radius 2 is 1.67 bits per heavy atom. The molecule has 2 aromatic heterocycles. The molecule has 0 unspecified atom stereocenters. The predicted molar refractivity (Wildman–Crippen MR) is 138 cm³/mol. The molecule has 2 heterocycles. The lowest BCUT2D eigenvalue weighted by Crippen LogP contribution is -2.03. The van der Waals surface area contributed by atoms with Crippen LogP contribution in [0, 0.1) is 0 Å². The lowest BCUT2D eigenvalue weighted by atomic mass is 10.1. The summed E-state index contributed by atoms with van der Waals surface area (Å²) < 4.78 is 23.7. The molecule has 4 rings (SSSR count). The molecule has 4 aromatic rings. The highest BCUT2D eigenvalue weighted by Gasteiger charge is 2.13. The van der Waals surface area contributed by atoms with Gasteiger partial charge in [-0.25, -0.2) is 4.98 Å². The average Bonchev–Trinajstić information content (AvgIpc) is 3.20. The number of hydrogen-bond acceptors (Lipinski definition) is 8. The van der Waals surface area contributed by atoms with Crippen molar-refractivity contribution in [1.29, 1.82) is 0 Å². The van der Waals surface area contributed by atoms with Crippen molar-refractivity contribution < 1.29 is 23.7 Å². The zero-order chi connectivity index (χ0) is 25.5. The van der Waals surface area contributed by atoms with Crippen molar-refractivity contribution in [2.24, 2.45) is 7.05 Å². The van der Waals surface area contributed by atoms with E-state index in [0.717, 1.165) is 29.6 Å². The van der Waals surface area contributed by atoms with Gasteiger partial charge in [-0.3, -0.25) is 9.78 Å². The molecule has 9 heteroatoms. The SMILES string of the molecule is COCCCCC(=O)c1cc(Oc2ccc3c(c2)nc(Nc2cc(OC)cc(OC)c2)n3C)ccn1. The summed E-state index contributed by atoms with van der Waals surface area (Å²) in [5, 5.41) is 3.32. The van der Waals surface area contributed by atoms with E-state index in [1.807, 2.05) is 48.0 Å². The quantitative estimate of drug-likeness (QED) is 0.205. The summed E-state index contributed by atoms with van der Waals surface area (Å²) in [6.07, 6.45) is 3.61. The Kier molecular flexibility index (Phi) is 8.02. The molecular weight excluding hydrogens is 460 g/mol. The number of anilines is 2. The summed E-state index contributed by atoms with van der Waals surface area (Å²) >= 11 is 0. The summed E-state index contributed by atoms with van der Waals surface area (Å²) in [4.78, 5) is 21.4. The molecule has 0 aliphatic carbocycles. The second-order valence-corrected chi connectivity index (χ2v) is 8.22. The van der Waals surface area contributed by atoms with E-state index in [1.54, 1.807) is 39.7 Å². The molecule has 2 aromatic carbocycles. The van der Waals surface area contributed by atoms with Crippen LogP contribution < -0.4 is 19.5 Å². The normalized spacial score (nSPS) is 10.9. The highest BCUT2D eigenvalue weighted by molar-refractivity contribution is 5.94. The molecule has 0 aliphatic rings. The van der Waals surface area contributed by atoms with E-state index in [2.05, 4.69) is 10.3 Å². The van der Waals surface area contributed by atoms with E-state index in [4.69, 9.17) is 23.9 Å². The number of Topliss-reactive ketones (excluding diaryl/α,β-unsaturated/α-hetero) is 1. The fourth-order valence-corrected chi connectivity index (χ4v) is 3.79. The molecule has 9 nitrogen and oxygen atoms in total. The van der Waals surface area contributed by atoms with E-state index in [0.29, 0.717) is 47.7 Å². The van der Waals surface area contributed by atoms with Crippen LogP contribution in [-0.2, 0) is 11.8 Å². The Bertz CT molecular complexity index is 1330. The van der Waals surface area contributed by atoms with Gasteiger partial charge in [0.2, 0.25) is 5.95 Å². The van der Waals surface area contributed by atoms with Gasteiger partial charge in [-0.2, -0.15) is 0 Å². The van der Waals surface area contributed by atoms with Crippen LogP contribution in [-0.4, -0.2) is 48.3 Å². The Hall–Kier alpha value is -4.11. The van der Waals surface area contributed by atoms with E-state index in [9.17, 15) is 4.79 Å². The molecule has 36 heavy (non-hydrogen) atoms. The molecular formula is C27H30N4O5. The highest BCUT2D eigenvalue weighted by atomic mass is 16.5. The van der Waals surface area contributed by atoms with Gasteiger partial charge in [0.15, 0.2) is 5.78 Å². The molecule has 0 saturated carbocycles. The minimum atomic E-state index is -0.0124. The number of nitrogens with zero attached hydrogens (tertiary/aromatic N) is 3. The maximum atomic E-state index is 12.5. The third-order valence-corrected chi connectivity index (χ3v) is 5.71. The summed E-state index contributed by atoms with van der Waals surface area (Å²) in [6, 6.07) is 14.6. The molecule has 0 bridgehead atoms. The summed E-state index contributed by atoms with van der Waals surface area (Å²) in [7, 11) is 6.81. The second kappa shape index (κ2) is 11.5. The monoisotopic (exact) mass is 490 g/mol. The van der Waals surface area contributed by atoms with Crippen LogP contribution in [0.15, 0.2) is 54.7 Å². The Morgan fingerprint density at radius 1 is 0.917 bits per heavy atom. The lowest BCUT2D eigenvalue weighted by Gasteiger charge is -2.10. The third-order valence-electron chi connectivity index (χ3n) is 5.71. The Balaban J connectivity index is 1.50. The first-order valence-electron chi connectivity index (χ1n) is 11.6. The lowest BCUT2D eigenvalue weighted by molar-refractivity contribution is 0.0969. The number of benzene rings is 2. The van der Waals surface area contributed by atoms with Gasteiger partial charge < -0.3 is 28.8 Å². The number of hydrogen-bond donors (Lipinski definition) is 1. The van der Waals surface area contributed by atoms with Crippen LogP contribution in [0.3, 0.4) is 0 Å². The van der Waals surface area contributed by atoms with Gasteiger partial charge in [0, 0.05) is 69.4 Å². The molecule has 0 saturated heterocycles. The van der Waals surface area contributed by atoms with Gasteiger partial charge in [0.25, 0.3) is 0 Å². The van der Waals surface area contributed by atoms with Gasteiger partial charge in [-0.15, -0.1) is 0 Å². The van der Waals surface area contributed by atoms with Crippen LogP contribution in [0.25, 0.3) is 11.0 Å². The maximum absolute atomic E-state index is 12.5.